The molecule has 2 aromatic rings. The van der Waals surface area contributed by atoms with Crippen LogP contribution in [-0.4, -0.2) is 27.9 Å². The SMILES string of the molecule is CNc1cc(-c2cc(NC(C)=O)ncn2)ccn1. The van der Waals surface area contributed by atoms with Gasteiger partial charge in [-0.05, 0) is 12.1 Å². The van der Waals surface area contributed by atoms with Gasteiger partial charge in [0.05, 0.1) is 5.69 Å². The molecule has 0 saturated carbocycles. The standard InChI is InChI=1S/C12H13N5O/c1-8(18)17-12-6-10(15-7-16-12)9-3-4-14-11(5-9)13-2/h3-7H,1-2H3,(H,13,14)(H,15,16,17,18). The number of carbonyl (C=O) groups excluding carboxylic acids is 1. The maximum Gasteiger partial charge on any atom is 0.222 e. The van der Waals surface area contributed by atoms with Gasteiger partial charge in [0, 0.05) is 31.8 Å². The predicted octanol–water partition coefficient (Wildman–Crippen LogP) is 1.54. The van der Waals surface area contributed by atoms with Crippen molar-refractivity contribution in [2.75, 3.05) is 17.7 Å². The lowest BCUT2D eigenvalue weighted by molar-refractivity contribution is -0.114. The molecule has 6 nitrogen and oxygen atoms in total. The summed E-state index contributed by atoms with van der Waals surface area (Å²) in [4.78, 5) is 23.2. The topological polar surface area (TPSA) is 79.8 Å². The van der Waals surface area contributed by atoms with Gasteiger partial charge in [-0.1, -0.05) is 0 Å². The summed E-state index contributed by atoms with van der Waals surface area (Å²) in [6.07, 6.45) is 3.11. The molecule has 2 rings (SSSR count). The lowest BCUT2D eigenvalue weighted by atomic mass is 10.2. The highest BCUT2D eigenvalue weighted by atomic mass is 16.1. The summed E-state index contributed by atoms with van der Waals surface area (Å²) < 4.78 is 0. The minimum atomic E-state index is -0.162. The van der Waals surface area contributed by atoms with Gasteiger partial charge in [0.2, 0.25) is 5.91 Å². The van der Waals surface area contributed by atoms with E-state index in [1.807, 2.05) is 12.1 Å². The van der Waals surface area contributed by atoms with Gasteiger partial charge in [0.15, 0.2) is 0 Å². The summed E-state index contributed by atoms with van der Waals surface area (Å²) in [6.45, 7) is 1.44. The predicted molar refractivity (Wildman–Crippen MR) is 69.1 cm³/mol. The Hall–Kier alpha value is -2.50. The number of anilines is 2. The number of aromatic nitrogens is 3. The van der Waals surface area contributed by atoms with Gasteiger partial charge in [0.25, 0.3) is 0 Å². The molecule has 0 aliphatic carbocycles. The molecule has 2 N–H and O–H groups in total. The molecule has 0 aliphatic rings. The van der Waals surface area contributed by atoms with E-state index in [9.17, 15) is 4.79 Å². The number of hydrogen-bond donors (Lipinski definition) is 2. The summed E-state index contributed by atoms with van der Waals surface area (Å²) in [5, 5.41) is 5.58. The fraction of sp³-hybridized carbons (Fsp3) is 0.167. The summed E-state index contributed by atoms with van der Waals surface area (Å²) in [6, 6.07) is 5.44. The van der Waals surface area contributed by atoms with Gasteiger partial charge < -0.3 is 10.6 Å². The zero-order valence-electron chi connectivity index (χ0n) is 10.1. The number of rotatable bonds is 3. The first-order valence-electron chi connectivity index (χ1n) is 5.43. The average molecular weight is 243 g/mol. The molecule has 2 aromatic heterocycles. The monoisotopic (exact) mass is 243 g/mol. The van der Waals surface area contributed by atoms with E-state index < -0.39 is 0 Å². The summed E-state index contributed by atoms with van der Waals surface area (Å²) in [5.41, 5.74) is 1.64. The number of nitrogens with zero attached hydrogens (tertiary/aromatic N) is 3. The molecule has 2 heterocycles. The van der Waals surface area contributed by atoms with Gasteiger partial charge >= 0.3 is 0 Å². The Balaban J connectivity index is 2.34. The van der Waals surface area contributed by atoms with Crippen LogP contribution in [0.2, 0.25) is 0 Å². The second kappa shape index (κ2) is 5.22. The largest absolute Gasteiger partial charge is 0.373 e. The van der Waals surface area contributed by atoms with E-state index in [2.05, 4.69) is 25.6 Å². The summed E-state index contributed by atoms with van der Waals surface area (Å²) >= 11 is 0. The number of carbonyl (C=O) groups is 1. The van der Waals surface area contributed by atoms with Crippen LogP contribution in [0.5, 0.6) is 0 Å². The average Bonchev–Trinajstić information content (AvgIpc) is 2.38. The normalized spacial score (nSPS) is 9.89. The molecule has 0 aliphatic heterocycles. The van der Waals surface area contributed by atoms with Gasteiger partial charge in [-0.25, -0.2) is 15.0 Å². The lowest BCUT2D eigenvalue weighted by Gasteiger charge is -2.05. The van der Waals surface area contributed by atoms with Crippen LogP contribution in [0.25, 0.3) is 11.3 Å². The number of pyridine rings is 1. The van der Waals surface area contributed by atoms with Gasteiger partial charge in [-0.2, -0.15) is 0 Å². The van der Waals surface area contributed by atoms with E-state index in [0.29, 0.717) is 5.82 Å². The van der Waals surface area contributed by atoms with Crippen LogP contribution in [0.3, 0.4) is 0 Å². The highest BCUT2D eigenvalue weighted by Crippen LogP contribution is 2.20. The molecule has 6 heteroatoms. The first-order valence-corrected chi connectivity index (χ1v) is 5.43. The molecule has 0 spiro atoms. The fourth-order valence-electron chi connectivity index (χ4n) is 1.49. The van der Waals surface area contributed by atoms with Crippen LogP contribution in [0.15, 0.2) is 30.7 Å². The Morgan fingerprint density at radius 1 is 1.17 bits per heavy atom. The van der Waals surface area contributed by atoms with E-state index in [1.165, 1.54) is 13.3 Å². The second-order valence-corrected chi connectivity index (χ2v) is 3.65. The highest BCUT2D eigenvalue weighted by Gasteiger charge is 2.04. The van der Waals surface area contributed by atoms with Crippen LogP contribution in [0.4, 0.5) is 11.6 Å². The van der Waals surface area contributed by atoms with E-state index in [4.69, 9.17) is 0 Å². The van der Waals surface area contributed by atoms with Gasteiger partial charge in [-0.15, -0.1) is 0 Å². The number of amides is 1. The van der Waals surface area contributed by atoms with Crippen molar-refractivity contribution >= 4 is 17.5 Å². The molecule has 92 valence electrons. The first-order chi connectivity index (χ1) is 8.69. The highest BCUT2D eigenvalue weighted by molar-refractivity contribution is 5.88. The molecular formula is C12H13N5O. The molecule has 0 aromatic carbocycles. The molecule has 0 saturated heterocycles. The molecule has 18 heavy (non-hydrogen) atoms. The molecule has 0 bridgehead atoms. The van der Waals surface area contributed by atoms with Crippen LogP contribution in [0.1, 0.15) is 6.92 Å². The Bertz CT molecular complexity index is 570. The summed E-state index contributed by atoms with van der Waals surface area (Å²) in [7, 11) is 1.80. The third-order valence-electron chi connectivity index (χ3n) is 2.28. The molecule has 0 unspecified atom stereocenters. The quantitative estimate of drug-likeness (QED) is 0.854. The zero-order chi connectivity index (χ0) is 13.0. The Labute approximate surface area is 105 Å². The minimum absolute atomic E-state index is 0.162. The maximum atomic E-state index is 11.0. The Morgan fingerprint density at radius 3 is 2.72 bits per heavy atom. The van der Waals surface area contributed by atoms with Crippen molar-refractivity contribution in [1.29, 1.82) is 0 Å². The van der Waals surface area contributed by atoms with Crippen LogP contribution in [-0.2, 0) is 4.79 Å². The van der Waals surface area contributed by atoms with Crippen molar-refractivity contribution in [1.82, 2.24) is 15.0 Å². The smallest absolute Gasteiger partial charge is 0.222 e. The molecule has 1 amide bonds. The van der Waals surface area contributed by atoms with Crippen molar-refractivity contribution in [3.8, 4) is 11.3 Å². The first kappa shape index (κ1) is 12.0. The Kier molecular flexibility index (Phi) is 3.47. The molecule has 0 fully saturated rings. The van der Waals surface area contributed by atoms with Crippen molar-refractivity contribution in [2.45, 2.75) is 6.92 Å². The van der Waals surface area contributed by atoms with Crippen LogP contribution in [0, 0.1) is 0 Å². The van der Waals surface area contributed by atoms with E-state index in [1.54, 1.807) is 19.3 Å². The van der Waals surface area contributed by atoms with E-state index in [0.717, 1.165) is 17.1 Å². The van der Waals surface area contributed by atoms with E-state index in [-0.39, 0.29) is 5.91 Å². The third kappa shape index (κ3) is 2.79. The van der Waals surface area contributed by atoms with E-state index >= 15 is 0 Å². The van der Waals surface area contributed by atoms with Gasteiger partial charge in [-0.3, -0.25) is 4.79 Å². The number of hydrogen-bond acceptors (Lipinski definition) is 5. The van der Waals surface area contributed by atoms with Crippen molar-refractivity contribution in [3.63, 3.8) is 0 Å². The summed E-state index contributed by atoms with van der Waals surface area (Å²) in [5.74, 6) is 1.08. The maximum absolute atomic E-state index is 11.0. The van der Waals surface area contributed by atoms with Crippen molar-refractivity contribution in [2.24, 2.45) is 0 Å². The number of nitrogens with one attached hydrogen (secondary N) is 2. The molecule has 0 atom stereocenters. The third-order valence-corrected chi connectivity index (χ3v) is 2.28. The molecule has 0 radical (unpaired) electrons. The second-order valence-electron chi connectivity index (χ2n) is 3.65. The van der Waals surface area contributed by atoms with Crippen molar-refractivity contribution < 1.29 is 4.79 Å². The fourth-order valence-corrected chi connectivity index (χ4v) is 1.49. The minimum Gasteiger partial charge on any atom is -0.373 e. The Morgan fingerprint density at radius 2 is 2.00 bits per heavy atom. The van der Waals surface area contributed by atoms with Crippen molar-refractivity contribution in [3.05, 3.63) is 30.7 Å². The van der Waals surface area contributed by atoms with Crippen LogP contribution < -0.4 is 10.6 Å². The lowest BCUT2D eigenvalue weighted by Crippen LogP contribution is -2.07. The zero-order valence-corrected chi connectivity index (χ0v) is 10.1. The van der Waals surface area contributed by atoms with Crippen LogP contribution >= 0.6 is 0 Å². The molecular weight excluding hydrogens is 230 g/mol. The van der Waals surface area contributed by atoms with Gasteiger partial charge in [0.1, 0.15) is 18.0 Å².